The summed E-state index contributed by atoms with van der Waals surface area (Å²) in [5, 5.41) is 0. The zero-order chi connectivity index (χ0) is 15.2. The van der Waals surface area contributed by atoms with E-state index in [4.69, 9.17) is 0 Å². The van der Waals surface area contributed by atoms with Crippen LogP contribution in [0.4, 0.5) is 0 Å². The monoisotopic (exact) mass is 300 g/mol. The number of hydrogen-bond acceptors (Lipinski definition) is 4. The Bertz CT molecular complexity index is 531. The summed E-state index contributed by atoms with van der Waals surface area (Å²) < 4.78 is 32.3. The molecule has 0 aliphatic rings. The minimum Gasteiger partial charge on any atom is -0.469 e. The van der Waals surface area contributed by atoms with Gasteiger partial charge >= 0.3 is 5.97 Å². The molecule has 1 rings (SSSR count). The van der Waals surface area contributed by atoms with Gasteiger partial charge < -0.3 is 4.74 Å². The molecule has 0 unspecified atom stereocenters. The Morgan fingerprint density at radius 2 is 1.95 bits per heavy atom. The molecule has 1 aromatic rings. The third-order valence-corrected chi connectivity index (χ3v) is 4.55. The summed E-state index contributed by atoms with van der Waals surface area (Å²) >= 11 is 0. The third-order valence-electron chi connectivity index (χ3n) is 2.89. The standard InChI is InChI=1S/C13H20N2O4S/c1-11(12-7-5-4-6-8-12)14-20(17,18)15(2)10-9-13(16)19-3/h4-8,11,14H,9-10H2,1-3H3/t11-/m0/s1. The van der Waals surface area contributed by atoms with Crippen LogP contribution in [0.25, 0.3) is 0 Å². The second-order valence-corrected chi connectivity index (χ2v) is 6.21. The molecule has 0 aromatic heterocycles. The number of hydrogen-bond donors (Lipinski definition) is 1. The van der Waals surface area contributed by atoms with Crippen molar-refractivity contribution in [2.24, 2.45) is 0 Å². The van der Waals surface area contributed by atoms with Crippen LogP contribution in [0.15, 0.2) is 30.3 Å². The summed E-state index contributed by atoms with van der Waals surface area (Å²) in [4.78, 5) is 11.0. The molecule has 0 bridgehead atoms. The fourth-order valence-corrected chi connectivity index (χ4v) is 2.69. The van der Waals surface area contributed by atoms with Gasteiger partial charge in [-0.1, -0.05) is 30.3 Å². The molecule has 0 saturated carbocycles. The highest BCUT2D eigenvalue weighted by molar-refractivity contribution is 7.87. The molecular formula is C13H20N2O4S. The van der Waals surface area contributed by atoms with Crippen LogP contribution in [0.5, 0.6) is 0 Å². The quantitative estimate of drug-likeness (QED) is 0.765. The molecule has 20 heavy (non-hydrogen) atoms. The average Bonchev–Trinajstić information content (AvgIpc) is 2.44. The summed E-state index contributed by atoms with van der Waals surface area (Å²) in [6.07, 6.45) is 0.0215. The van der Waals surface area contributed by atoms with Crippen LogP contribution in [0.2, 0.25) is 0 Å². The van der Waals surface area contributed by atoms with Crippen molar-refractivity contribution in [3.63, 3.8) is 0 Å². The molecule has 6 nitrogen and oxygen atoms in total. The normalized spacial score (nSPS) is 13.2. The summed E-state index contributed by atoms with van der Waals surface area (Å²) in [6, 6.07) is 8.92. The van der Waals surface area contributed by atoms with Gasteiger partial charge in [0.1, 0.15) is 0 Å². The van der Waals surface area contributed by atoms with Gasteiger partial charge in [-0.05, 0) is 12.5 Å². The Balaban J connectivity index is 2.62. The van der Waals surface area contributed by atoms with Crippen molar-refractivity contribution in [1.29, 1.82) is 0 Å². The maximum atomic E-state index is 12.1. The van der Waals surface area contributed by atoms with E-state index in [1.54, 1.807) is 6.92 Å². The largest absolute Gasteiger partial charge is 0.469 e. The smallest absolute Gasteiger partial charge is 0.306 e. The lowest BCUT2D eigenvalue weighted by atomic mass is 10.1. The SMILES string of the molecule is COC(=O)CCN(C)S(=O)(=O)N[C@@H](C)c1ccccc1. The summed E-state index contributed by atoms with van der Waals surface area (Å²) in [7, 11) is -0.946. The number of esters is 1. The first kappa shape index (κ1) is 16.6. The van der Waals surface area contributed by atoms with Crippen molar-refractivity contribution in [2.45, 2.75) is 19.4 Å². The second-order valence-electron chi connectivity index (χ2n) is 4.40. The van der Waals surface area contributed by atoms with E-state index >= 15 is 0 Å². The highest BCUT2D eigenvalue weighted by atomic mass is 32.2. The van der Waals surface area contributed by atoms with Crippen molar-refractivity contribution in [2.75, 3.05) is 20.7 Å². The molecule has 0 saturated heterocycles. The molecule has 1 atom stereocenters. The van der Waals surface area contributed by atoms with E-state index in [1.807, 2.05) is 30.3 Å². The fourth-order valence-electron chi connectivity index (χ4n) is 1.59. The van der Waals surface area contributed by atoms with Crippen LogP contribution in [0.1, 0.15) is 24.9 Å². The Kier molecular flexibility index (Phi) is 6.12. The number of nitrogens with one attached hydrogen (secondary N) is 1. The van der Waals surface area contributed by atoms with Gasteiger partial charge in [0, 0.05) is 19.6 Å². The molecular weight excluding hydrogens is 280 g/mol. The van der Waals surface area contributed by atoms with Crippen LogP contribution in [-0.2, 0) is 19.7 Å². The molecule has 0 aliphatic heterocycles. The van der Waals surface area contributed by atoms with Crippen molar-refractivity contribution in [3.05, 3.63) is 35.9 Å². The van der Waals surface area contributed by atoms with Crippen molar-refractivity contribution >= 4 is 16.2 Å². The molecule has 112 valence electrons. The molecule has 1 N–H and O–H groups in total. The van der Waals surface area contributed by atoms with Crippen LogP contribution in [0, 0.1) is 0 Å². The molecule has 7 heteroatoms. The van der Waals surface area contributed by atoms with Crippen molar-refractivity contribution < 1.29 is 17.9 Å². The number of nitrogens with zero attached hydrogens (tertiary/aromatic N) is 1. The van der Waals surface area contributed by atoms with Gasteiger partial charge in [0.05, 0.1) is 13.5 Å². The third kappa shape index (κ3) is 4.92. The molecule has 0 radical (unpaired) electrons. The van der Waals surface area contributed by atoms with Crippen LogP contribution in [0.3, 0.4) is 0 Å². The van der Waals surface area contributed by atoms with E-state index < -0.39 is 16.2 Å². The van der Waals surface area contributed by atoms with Crippen LogP contribution in [-0.4, -0.2) is 39.4 Å². The topological polar surface area (TPSA) is 75.7 Å². The Hall–Kier alpha value is -1.44. The first-order valence-electron chi connectivity index (χ1n) is 6.22. The molecule has 0 fully saturated rings. The predicted molar refractivity (Wildman–Crippen MR) is 76.2 cm³/mol. The lowest BCUT2D eigenvalue weighted by Crippen LogP contribution is -2.40. The maximum absolute atomic E-state index is 12.1. The predicted octanol–water partition coefficient (Wildman–Crippen LogP) is 1.08. The zero-order valence-electron chi connectivity index (χ0n) is 11.9. The van der Waals surface area contributed by atoms with Gasteiger partial charge in [0.2, 0.25) is 0 Å². The average molecular weight is 300 g/mol. The second kappa shape index (κ2) is 7.37. The lowest BCUT2D eigenvalue weighted by Gasteiger charge is -2.21. The first-order chi connectivity index (χ1) is 9.36. The first-order valence-corrected chi connectivity index (χ1v) is 7.66. The fraction of sp³-hybridized carbons (Fsp3) is 0.462. The Labute approximate surface area is 119 Å². The van der Waals surface area contributed by atoms with E-state index in [0.717, 1.165) is 9.87 Å². The number of carbonyl (C=O) groups is 1. The summed E-state index contributed by atoms with van der Waals surface area (Å²) in [5.74, 6) is -0.442. The summed E-state index contributed by atoms with van der Waals surface area (Å²) in [6.45, 7) is 1.84. The molecule has 0 heterocycles. The molecule has 0 aliphatic carbocycles. The number of benzene rings is 1. The molecule has 0 amide bonds. The molecule has 1 aromatic carbocycles. The lowest BCUT2D eigenvalue weighted by molar-refractivity contribution is -0.140. The summed E-state index contributed by atoms with van der Waals surface area (Å²) in [5.41, 5.74) is 0.873. The van der Waals surface area contributed by atoms with Crippen LogP contribution < -0.4 is 4.72 Å². The van der Waals surface area contributed by atoms with Crippen molar-refractivity contribution in [3.8, 4) is 0 Å². The van der Waals surface area contributed by atoms with Gasteiger partial charge in [-0.2, -0.15) is 17.4 Å². The Morgan fingerprint density at radius 1 is 1.35 bits per heavy atom. The van der Waals surface area contributed by atoms with Crippen molar-refractivity contribution in [1.82, 2.24) is 9.03 Å². The number of carbonyl (C=O) groups excluding carboxylic acids is 1. The van der Waals surface area contributed by atoms with Gasteiger partial charge in [0.25, 0.3) is 10.2 Å². The zero-order valence-corrected chi connectivity index (χ0v) is 12.7. The Morgan fingerprint density at radius 3 is 2.50 bits per heavy atom. The number of ether oxygens (including phenoxy) is 1. The van der Waals surface area contributed by atoms with E-state index in [2.05, 4.69) is 9.46 Å². The minimum absolute atomic E-state index is 0.0215. The van der Waals surface area contributed by atoms with Crippen LogP contribution >= 0.6 is 0 Å². The highest BCUT2D eigenvalue weighted by Crippen LogP contribution is 2.13. The van der Waals surface area contributed by atoms with E-state index in [0.29, 0.717) is 0 Å². The maximum Gasteiger partial charge on any atom is 0.306 e. The molecule has 0 spiro atoms. The van der Waals surface area contributed by atoms with E-state index in [9.17, 15) is 13.2 Å². The minimum atomic E-state index is -3.64. The van der Waals surface area contributed by atoms with Gasteiger partial charge in [-0.3, -0.25) is 4.79 Å². The van der Waals surface area contributed by atoms with E-state index in [-0.39, 0.29) is 19.0 Å². The van der Waals surface area contributed by atoms with Gasteiger partial charge in [0.15, 0.2) is 0 Å². The number of methoxy groups -OCH3 is 1. The highest BCUT2D eigenvalue weighted by Gasteiger charge is 2.21. The number of rotatable bonds is 7. The van der Waals surface area contributed by atoms with Gasteiger partial charge in [-0.15, -0.1) is 0 Å². The van der Waals surface area contributed by atoms with Gasteiger partial charge in [-0.25, -0.2) is 0 Å². The van der Waals surface area contributed by atoms with E-state index in [1.165, 1.54) is 14.2 Å².